The summed E-state index contributed by atoms with van der Waals surface area (Å²) >= 11 is 0. The zero-order valence-corrected chi connectivity index (χ0v) is 11.6. The molecule has 19 heavy (non-hydrogen) atoms. The maximum absolute atomic E-state index is 11.8. The minimum atomic E-state index is -0.361. The average Bonchev–Trinajstić information content (AvgIpc) is 2.42. The molecular weight excluding hydrogens is 238 g/mol. The molecule has 1 N–H and O–H groups in total. The fourth-order valence-electron chi connectivity index (χ4n) is 2.53. The SMILES string of the molecule is C=CCc1ccc(OC2NC(=O)C2(CC)CC)cc1. The summed E-state index contributed by atoms with van der Waals surface area (Å²) in [5, 5.41) is 2.85. The number of nitrogens with one attached hydrogen (secondary N) is 1. The molecule has 1 unspecified atom stereocenters. The number of hydrogen-bond donors (Lipinski definition) is 1. The van der Waals surface area contributed by atoms with Gasteiger partial charge in [0.15, 0.2) is 6.23 Å². The van der Waals surface area contributed by atoms with Gasteiger partial charge in [0.05, 0.1) is 0 Å². The van der Waals surface area contributed by atoms with Crippen LogP contribution in [0.25, 0.3) is 0 Å². The smallest absolute Gasteiger partial charge is 0.234 e. The molecule has 3 nitrogen and oxygen atoms in total. The minimum Gasteiger partial charge on any atom is -0.470 e. The molecule has 1 amide bonds. The maximum atomic E-state index is 11.8. The Hall–Kier alpha value is -1.77. The van der Waals surface area contributed by atoms with Gasteiger partial charge in [0, 0.05) is 0 Å². The molecule has 102 valence electrons. The highest BCUT2D eigenvalue weighted by Crippen LogP contribution is 2.39. The van der Waals surface area contributed by atoms with Crippen molar-refractivity contribution in [3.8, 4) is 5.75 Å². The maximum Gasteiger partial charge on any atom is 0.234 e. The average molecular weight is 259 g/mol. The molecule has 1 atom stereocenters. The lowest BCUT2D eigenvalue weighted by atomic mass is 9.73. The van der Waals surface area contributed by atoms with E-state index in [-0.39, 0.29) is 17.6 Å². The van der Waals surface area contributed by atoms with E-state index < -0.39 is 0 Å². The van der Waals surface area contributed by atoms with Crippen molar-refractivity contribution >= 4 is 5.91 Å². The molecule has 1 aromatic rings. The third-order valence-electron chi connectivity index (χ3n) is 4.04. The Morgan fingerprint density at radius 3 is 2.42 bits per heavy atom. The van der Waals surface area contributed by atoms with Gasteiger partial charge in [-0.15, -0.1) is 6.58 Å². The molecule has 1 aliphatic heterocycles. The lowest BCUT2D eigenvalue weighted by molar-refractivity contribution is -0.161. The Bertz CT molecular complexity index is 460. The van der Waals surface area contributed by atoms with E-state index in [0.717, 1.165) is 25.0 Å². The highest BCUT2D eigenvalue weighted by Gasteiger charge is 2.54. The molecule has 0 aromatic heterocycles. The van der Waals surface area contributed by atoms with Crippen molar-refractivity contribution in [3.05, 3.63) is 42.5 Å². The van der Waals surface area contributed by atoms with Crippen LogP contribution in [0.4, 0.5) is 0 Å². The van der Waals surface area contributed by atoms with Gasteiger partial charge in [0.2, 0.25) is 5.91 Å². The van der Waals surface area contributed by atoms with Crippen LogP contribution in [0.15, 0.2) is 36.9 Å². The number of hydrogen-bond acceptors (Lipinski definition) is 2. The number of carbonyl (C=O) groups excluding carboxylic acids is 1. The fourth-order valence-corrected chi connectivity index (χ4v) is 2.53. The summed E-state index contributed by atoms with van der Waals surface area (Å²) in [7, 11) is 0. The van der Waals surface area contributed by atoms with Gasteiger partial charge in [-0.3, -0.25) is 4.79 Å². The number of ether oxygens (including phenoxy) is 1. The van der Waals surface area contributed by atoms with E-state index >= 15 is 0 Å². The first-order valence-electron chi connectivity index (χ1n) is 6.83. The number of benzene rings is 1. The van der Waals surface area contributed by atoms with E-state index in [1.54, 1.807) is 0 Å². The lowest BCUT2D eigenvalue weighted by Crippen LogP contribution is -2.69. The third kappa shape index (κ3) is 2.37. The van der Waals surface area contributed by atoms with E-state index in [2.05, 4.69) is 11.9 Å². The molecule has 0 aliphatic carbocycles. The van der Waals surface area contributed by atoms with Crippen molar-refractivity contribution in [1.82, 2.24) is 5.32 Å². The van der Waals surface area contributed by atoms with Crippen molar-refractivity contribution in [1.29, 1.82) is 0 Å². The highest BCUT2D eigenvalue weighted by atomic mass is 16.5. The van der Waals surface area contributed by atoms with Crippen LogP contribution < -0.4 is 10.1 Å². The van der Waals surface area contributed by atoms with Gasteiger partial charge in [-0.25, -0.2) is 0 Å². The van der Waals surface area contributed by atoms with Crippen molar-refractivity contribution in [2.24, 2.45) is 5.41 Å². The Morgan fingerprint density at radius 1 is 1.32 bits per heavy atom. The van der Waals surface area contributed by atoms with Crippen molar-refractivity contribution < 1.29 is 9.53 Å². The quantitative estimate of drug-likeness (QED) is 0.630. The van der Waals surface area contributed by atoms with E-state index in [4.69, 9.17) is 4.74 Å². The first kappa shape index (κ1) is 13.7. The van der Waals surface area contributed by atoms with Gasteiger partial charge >= 0.3 is 0 Å². The molecule has 1 heterocycles. The summed E-state index contributed by atoms with van der Waals surface area (Å²) in [6.45, 7) is 7.79. The zero-order valence-electron chi connectivity index (χ0n) is 11.6. The van der Waals surface area contributed by atoms with Gasteiger partial charge in [-0.05, 0) is 37.0 Å². The summed E-state index contributed by atoms with van der Waals surface area (Å²) in [5.41, 5.74) is 0.844. The number of carbonyl (C=O) groups is 1. The van der Waals surface area contributed by atoms with E-state index in [1.165, 1.54) is 5.56 Å². The molecule has 1 aromatic carbocycles. The first-order chi connectivity index (χ1) is 9.16. The van der Waals surface area contributed by atoms with Gasteiger partial charge in [-0.2, -0.15) is 0 Å². The van der Waals surface area contributed by atoms with E-state index in [9.17, 15) is 4.79 Å². The van der Waals surface area contributed by atoms with Crippen LogP contribution in [0, 0.1) is 5.41 Å². The van der Waals surface area contributed by atoms with Crippen molar-refractivity contribution in [3.63, 3.8) is 0 Å². The second kappa shape index (κ2) is 5.47. The number of amides is 1. The summed E-state index contributed by atoms with van der Waals surface area (Å²) < 4.78 is 5.89. The summed E-state index contributed by atoms with van der Waals surface area (Å²) in [5.74, 6) is 0.898. The minimum absolute atomic E-state index is 0.103. The first-order valence-corrected chi connectivity index (χ1v) is 6.83. The van der Waals surface area contributed by atoms with Crippen molar-refractivity contribution in [2.75, 3.05) is 0 Å². The molecular formula is C16H21NO2. The molecule has 1 fully saturated rings. The van der Waals surface area contributed by atoms with Crippen LogP contribution in [-0.2, 0) is 11.2 Å². The fraction of sp³-hybridized carbons (Fsp3) is 0.438. The second-order valence-electron chi connectivity index (χ2n) is 4.97. The van der Waals surface area contributed by atoms with Crippen LogP contribution in [0.2, 0.25) is 0 Å². The Balaban J connectivity index is 2.05. The summed E-state index contributed by atoms with van der Waals surface area (Å²) in [6.07, 6.45) is 4.12. The molecule has 2 rings (SSSR count). The molecule has 3 heteroatoms. The zero-order chi connectivity index (χ0) is 13.9. The van der Waals surface area contributed by atoms with Gasteiger partial charge in [0.25, 0.3) is 0 Å². The normalized spacial score (nSPS) is 20.3. The van der Waals surface area contributed by atoms with Crippen molar-refractivity contribution in [2.45, 2.75) is 39.3 Å². The molecule has 0 radical (unpaired) electrons. The van der Waals surface area contributed by atoms with Crippen LogP contribution in [0.3, 0.4) is 0 Å². The predicted molar refractivity (Wildman–Crippen MR) is 75.9 cm³/mol. The predicted octanol–water partition coefficient (Wildman–Crippen LogP) is 3.06. The lowest BCUT2D eigenvalue weighted by Gasteiger charge is -2.47. The van der Waals surface area contributed by atoms with Gasteiger partial charge < -0.3 is 10.1 Å². The van der Waals surface area contributed by atoms with Crippen LogP contribution in [-0.4, -0.2) is 12.1 Å². The summed E-state index contributed by atoms with van der Waals surface area (Å²) in [6, 6.07) is 7.94. The molecule has 0 spiro atoms. The monoisotopic (exact) mass is 259 g/mol. The summed E-state index contributed by atoms with van der Waals surface area (Å²) in [4.78, 5) is 11.8. The molecule has 0 saturated carbocycles. The molecule has 1 saturated heterocycles. The Kier molecular flexibility index (Phi) is 3.93. The largest absolute Gasteiger partial charge is 0.470 e. The third-order valence-corrected chi connectivity index (χ3v) is 4.04. The number of β-lactam (4-membered cyclic amide) rings is 1. The number of allylic oxidation sites excluding steroid dienone is 1. The Labute approximate surface area is 114 Å². The van der Waals surface area contributed by atoms with Gasteiger partial charge in [0.1, 0.15) is 11.2 Å². The standard InChI is InChI=1S/C16H21NO2/c1-4-7-12-8-10-13(11-9-12)19-15-16(5-2,6-3)14(18)17-15/h4,8-11,15H,1,5-7H2,2-3H3,(H,17,18). The molecule has 0 bridgehead atoms. The second-order valence-corrected chi connectivity index (χ2v) is 4.97. The highest BCUT2D eigenvalue weighted by molar-refractivity contribution is 5.89. The topological polar surface area (TPSA) is 38.3 Å². The van der Waals surface area contributed by atoms with Crippen LogP contribution in [0.1, 0.15) is 32.3 Å². The Morgan fingerprint density at radius 2 is 1.95 bits per heavy atom. The van der Waals surface area contributed by atoms with Crippen LogP contribution >= 0.6 is 0 Å². The van der Waals surface area contributed by atoms with Crippen LogP contribution in [0.5, 0.6) is 5.75 Å². The molecule has 1 aliphatic rings. The van der Waals surface area contributed by atoms with Gasteiger partial charge in [-0.1, -0.05) is 32.1 Å². The number of rotatable bonds is 6. The van der Waals surface area contributed by atoms with E-state index in [1.807, 2.05) is 44.2 Å². The van der Waals surface area contributed by atoms with E-state index in [0.29, 0.717) is 0 Å².